The summed E-state index contributed by atoms with van der Waals surface area (Å²) in [6, 6.07) is 11.4. The lowest BCUT2D eigenvalue weighted by molar-refractivity contribution is 0.0509. The van der Waals surface area contributed by atoms with Crippen LogP contribution in [0.3, 0.4) is 0 Å². The monoisotopic (exact) mass is 368 g/mol. The van der Waals surface area contributed by atoms with Gasteiger partial charge in [-0.05, 0) is 35.9 Å². The first-order valence-electron chi connectivity index (χ1n) is 7.11. The number of benzene rings is 2. The molecule has 7 heteroatoms. The molecular weight excluding hydrogens is 352 g/mol. The highest BCUT2D eigenvalue weighted by Crippen LogP contribution is 2.21. The molecule has 2 aromatic carbocycles. The van der Waals surface area contributed by atoms with Gasteiger partial charge in [-0.25, -0.2) is 13.2 Å². The number of ether oxygens (including phenoxy) is 2. The van der Waals surface area contributed by atoms with Gasteiger partial charge >= 0.3 is 5.97 Å². The second kappa shape index (κ2) is 7.68. The molecule has 0 saturated carbocycles. The summed E-state index contributed by atoms with van der Waals surface area (Å²) in [5, 5.41) is 0.150. The molecule has 2 rings (SSSR count). The van der Waals surface area contributed by atoms with Crippen LogP contribution in [0.15, 0.2) is 47.4 Å². The molecule has 0 aliphatic rings. The number of hydrogen-bond acceptors (Lipinski definition) is 5. The summed E-state index contributed by atoms with van der Waals surface area (Å²) >= 11 is 5.96. The molecule has 0 heterocycles. The molecule has 2 aromatic rings. The summed E-state index contributed by atoms with van der Waals surface area (Å²) < 4.78 is 33.4. The lowest BCUT2D eigenvalue weighted by atomic mass is 10.1. The number of halogens is 1. The van der Waals surface area contributed by atoms with Gasteiger partial charge in [0, 0.05) is 12.7 Å². The maximum Gasteiger partial charge on any atom is 0.339 e. The second-order valence-corrected chi connectivity index (χ2v) is 7.57. The SMILES string of the molecule is COc1ccc(CCOC(=O)c2cc(S(C)(=O)=O)ccc2Cl)cc1. The van der Waals surface area contributed by atoms with Gasteiger partial charge in [-0.2, -0.15) is 0 Å². The molecule has 128 valence electrons. The standard InChI is InChI=1S/C17H17ClO5S/c1-22-13-5-3-12(4-6-13)9-10-23-17(19)15-11-14(24(2,20)21)7-8-16(15)18/h3-8,11H,9-10H2,1-2H3. The number of hydrogen-bond donors (Lipinski definition) is 0. The third-order valence-electron chi connectivity index (χ3n) is 3.37. The van der Waals surface area contributed by atoms with E-state index in [0.717, 1.165) is 17.6 Å². The summed E-state index contributed by atoms with van der Waals surface area (Å²) in [4.78, 5) is 12.1. The number of sulfone groups is 1. The van der Waals surface area contributed by atoms with Gasteiger partial charge in [0.25, 0.3) is 0 Å². The van der Waals surface area contributed by atoms with E-state index in [9.17, 15) is 13.2 Å². The smallest absolute Gasteiger partial charge is 0.339 e. The van der Waals surface area contributed by atoms with Crippen molar-refractivity contribution in [2.75, 3.05) is 20.0 Å². The first-order valence-corrected chi connectivity index (χ1v) is 9.38. The van der Waals surface area contributed by atoms with E-state index in [1.807, 2.05) is 24.3 Å². The zero-order valence-corrected chi connectivity index (χ0v) is 14.9. The Morgan fingerprint density at radius 2 is 1.79 bits per heavy atom. The molecule has 0 aliphatic heterocycles. The maximum atomic E-state index is 12.1. The number of methoxy groups -OCH3 is 1. The lowest BCUT2D eigenvalue weighted by Crippen LogP contribution is -2.10. The van der Waals surface area contributed by atoms with Crippen molar-refractivity contribution in [1.29, 1.82) is 0 Å². The highest BCUT2D eigenvalue weighted by molar-refractivity contribution is 7.90. The molecule has 0 aliphatic carbocycles. The van der Waals surface area contributed by atoms with Crippen molar-refractivity contribution in [2.24, 2.45) is 0 Å². The van der Waals surface area contributed by atoms with Crippen LogP contribution < -0.4 is 4.74 Å². The third-order valence-corrected chi connectivity index (χ3v) is 4.81. The predicted octanol–water partition coefficient (Wildman–Crippen LogP) is 3.15. The van der Waals surface area contributed by atoms with Gasteiger partial charge in [-0.15, -0.1) is 0 Å². The Morgan fingerprint density at radius 3 is 2.38 bits per heavy atom. The number of carbonyl (C=O) groups excluding carboxylic acids is 1. The quantitative estimate of drug-likeness (QED) is 0.732. The average molecular weight is 369 g/mol. The van der Waals surface area contributed by atoms with Gasteiger partial charge in [0.1, 0.15) is 5.75 Å². The molecule has 0 spiro atoms. The van der Waals surface area contributed by atoms with Gasteiger partial charge in [0.2, 0.25) is 0 Å². The fourth-order valence-electron chi connectivity index (χ4n) is 2.02. The van der Waals surface area contributed by atoms with E-state index in [2.05, 4.69) is 0 Å². The molecule has 0 aromatic heterocycles. The normalized spacial score (nSPS) is 11.1. The topological polar surface area (TPSA) is 69.7 Å². The lowest BCUT2D eigenvalue weighted by Gasteiger charge is -2.08. The molecule has 0 amide bonds. The fraction of sp³-hybridized carbons (Fsp3) is 0.235. The Kier molecular flexibility index (Phi) is 5.85. The van der Waals surface area contributed by atoms with Crippen LogP contribution >= 0.6 is 11.6 Å². The summed E-state index contributed by atoms with van der Waals surface area (Å²) in [7, 11) is -1.84. The highest BCUT2D eigenvalue weighted by atomic mass is 35.5. The molecule has 0 saturated heterocycles. The minimum absolute atomic E-state index is 0.0222. The van der Waals surface area contributed by atoms with E-state index in [1.165, 1.54) is 18.2 Å². The van der Waals surface area contributed by atoms with Crippen LogP contribution in [-0.2, 0) is 21.0 Å². The Balaban J connectivity index is 2.01. The second-order valence-electron chi connectivity index (χ2n) is 5.15. The third kappa shape index (κ3) is 4.72. The molecule has 0 unspecified atom stereocenters. The van der Waals surface area contributed by atoms with Crippen LogP contribution in [0, 0.1) is 0 Å². The first kappa shape index (κ1) is 18.3. The molecule has 0 atom stereocenters. The van der Waals surface area contributed by atoms with Crippen molar-refractivity contribution in [3.63, 3.8) is 0 Å². The largest absolute Gasteiger partial charge is 0.497 e. The Bertz CT molecular complexity index is 829. The van der Waals surface area contributed by atoms with Crippen molar-refractivity contribution in [3.8, 4) is 5.75 Å². The fourth-order valence-corrected chi connectivity index (χ4v) is 2.86. The minimum atomic E-state index is -3.42. The first-order chi connectivity index (χ1) is 11.3. The van der Waals surface area contributed by atoms with Crippen LogP contribution in [-0.4, -0.2) is 34.4 Å². The van der Waals surface area contributed by atoms with E-state index >= 15 is 0 Å². The maximum absolute atomic E-state index is 12.1. The van der Waals surface area contributed by atoms with E-state index in [1.54, 1.807) is 7.11 Å². The van der Waals surface area contributed by atoms with Gasteiger partial charge in [0.05, 0.1) is 29.2 Å². The molecule has 0 radical (unpaired) electrons. The molecule has 0 fully saturated rings. The predicted molar refractivity (Wildman–Crippen MR) is 91.5 cm³/mol. The summed E-state index contributed by atoms with van der Waals surface area (Å²) in [6.07, 6.45) is 1.59. The van der Waals surface area contributed by atoms with Crippen molar-refractivity contribution in [2.45, 2.75) is 11.3 Å². The molecular formula is C17H17ClO5S. The van der Waals surface area contributed by atoms with E-state index in [0.29, 0.717) is 6.42 Å². The van der Waals surface area contributed by atoms with E-state index in [4.69, 9.17) is 21.1 Å². The summed E-state index contributed by atoms with van der Waals surface area (Å²) in [5.74, 6) is 0.0964. The van der Waals surface area contributed by atoms with Crippen LogP contribution in [0.25, 0.3) is 0 Å². The molecule has 0 bridgehead atoms. The highest BCUT2D eigenvalue weighted by Gasteiger charge is 2.16. The van der Waals surface area contributed by atoms with Crippen molar-refractivity contribution >= 4 is 27.4 Å². The Labute approximate surface area is 146 Å². The number of esters is 1. The Hall–Kier alpha value is -2.05. The van der Waals surface area contributed by atoms with Crippen LogP contribution in [0.2, 0.25) is 5.02 Å². The molecule has 0 N–H and O–H groups in total. The van der Waals surface area contributed by atoms with Crippen molar-refractivity contribution in [3.05, 3.63) is 58.6 Å². The van der Waals surface area contributed by atoms with Gasteiger partial charge < -0.3 is 9.47 Å². The van der Waals surface area contributed by atoms with E-state index in [-0.39, 0.29) is 22.1 Å². The zero-order chi connectivity index (χ0) is 17.7. The van der Waals surface area contributed by atoms with Crippen LogP contribution in [0.1, 0.15) is 15.9 Å². The van der Waals surface area contributed by atoms with Gasteiger partial charge in [0.15, 0.2) is 9.84 Å². The van der Waals surface area contributed by atoms with Gasteiger partial charge in [-0.1, -0.05) is 23.7 Å². The van der Waals surface area contributed by atoms with Crippen molar-refractivity contribution in [1.82, 2.24) is 0 Å². The van der Waals surface area contributed by atoms with Crippen molar-refractivity contribution < 1.29 is 22.7 Å². The van der Waals surface area contributed by atoms with E-state index < -0.39 is 15.8 Å². The van der Waals surface area contributed by atoms with Crippen LogP contribution in [0.5, 0.6) is 5.75 Å². The average Bonchev–Trinajstić information content (AvgIpc) is 2.54. The number of rotatable bonds is 6. The summed E-state index contributed by atoms with van der Waals surface area (Å²) in [5.41, 5.74) is 1.02. The van der Waals surface area contributed by atoms with Crippen LogP contribution in [0.4, 0.5) is 0 Å². The Morgan fingerprint density at radius 1 is 1.12 bits per heavy atom. The zero-order valence-electron chi connectivity index (χ0n) is 13.3. The summed E-state index contributed by atoms with van der Waals surface area (Å²) in [6.45, 7) is 0.157. The minimum Gasteiger partial charge on any atom is -0.497 e. The molecule has 5 nitrogen and oxygen atoms in total. The number of carbonyl (C=O) groups is 1. The van der Waals surface area contributed by atoms with Gasteiger partial charge in [-0.3, -0.25) is 0 Å². The molecule has 24 heavy (non-hydrogen) atoms.